The number of nitrogens with zero attached hydrogens (tertiary/aromatic N) is 3. The lowest BCUT2D eigenvalue weighted by Gasteiger charge is -2.37. The molecule has 11 heteroatoms. The second-order valence-electron chi connectivity index (χ2n) is 10.2. The third-order valence-electron chi connectivity index (χ3n) is 6.99. The zero-order chi connectivity index (χ0) is 29.4. The minimum absolute atomic E-state index is 0.00288. The number of pyridine rings is 1. The van der Waals surface area contributed by atoms with Gasteiger partial charge < -0.3 is 19.7 Å². The number of carbonyl (C=O) groups is 1. The van der Waals surface area contributed by atoms with Crippen LogP contribution in [0.3, 0.4) is 0 Å². The molecular formula is C31H27F2N5O4. The number of carbonyl (C=O) groups excluding carboxylic acids is 1. The molecule has 6 rings (SSSR count). The molecule has 0 bridgehead atoms. The molecule has 2 aromatic heterocycles. The van der Waals surface area contributed by atoms with Gasteiger partial charge in [-0.1, -0.05) is 0 Å². The Bertz CT molecular complexity index is 1830. The topological polar surface area (TPSA) is 101 Å². The average molecular weight is 572 g/mol. The maximum Gasteiger partial charge on any atom is 0.267 e. The number of fused-ring (bicyclic) bond motifs is 1. The van der Waals surface area contributed by atoms with Crippen molar-refractivity contribution in [1.82, 2.24) is 14.8 Å². The van der Waals surface area contributed by atoms with E-state index in [0.29, 0.717) is 24.5 Å². The Balaban J connectivity index is 1.24. The summed E-state index contributed by atoms with van der Waals surface area (Å²) >= 11 is 0. The molecule has 1 saturated heterocycles. The number of anilines is 2. The van der Waals surface area contributed by atoms with Gasteiger partial charge >= 0.3 is 0 Å². The van der Waals surface area contributed by atoms with E-state index in [9.17, 15) is 14.0 Å². The van der Waals surface area contributed by atoms with Crippen molar-refractivity contribution < 1.29 is 23.0 Å². The van der Waals surface area contributed by atoms with Crippen molar-refractivity contribution >= 4 is 28.2 Å². The Hall–Kier alpha value is -5.03. The van der Waals surface area contributed by atoms with E-state index in [1.54, 1.807) is 12.3 Å². The first-order valence-corrected chi connectivity index (χ1v) is 13.4. The largest absolute Gasteiger partial charge is 0.452 e. The van der Waals surface area contributed by atoms with E-state index >= 15 is 4.39 Å². The zero-order valence-corrected chi connectivity index (χ0v) is 22.8. The molecule has 1 fully saturated rings. The van der Waals surface area contributed by atoms with Crippen molar-refractivity contribution in [2.45, 2.75) is 26.1 Å². The number of benzene rings is 3. The number of ether oxygens (including phenoxy) is 2. The summed E-state index contributed by atoms with van der Waals surface area (Å²) < 4.78 is 41.8. The Labute approximate surface area is 239 Å². The van der Waals surface area contributed by atoms with E-state index in [1.807, 2.05) is 19.9 Å². The lowest BCUT2D eigenvalue weighted by atomic mass is 10.1. The number of amides is 1. The minimum atomic E-state index is -0.715. The first kappa shape index (κ1) is 27.2. The lowest BCUT2D eigenvalue weighted by molar-refractivity contribution is -0.00530. The summed E-state index contributed by atoms with van der Waals surface area (Å²) in [6.07, 6.45) is 3.15. The molecule has 0 radical (unpaired) electrons. The number of morpholine rings is 1. The molecule has 3 aromatic carbocycles. The Kier molecular flexibility index (Phi) is 7.17. The van der Waals surface area contributed by atoms with E-state index < -0.39 is 23.1 Å². The summed E-state index contributed by atoms with van der Waals surface area (Å²) in [4.78, 5) is 28.1. The van der Waals surface area contributed by atoms with Gasteiger partial charge in [0.1, 0.15) is 11.4 Å². The van der Waals surface area contributed by atoms with Crippen LogP contribution in [0.2, 0.25) is 0 Å². The van der Waals surface area contributed by atoms with Crippen molar-refractivity contribution in [3.05, 3.63) is 107 Å². The zero-order valence-electron chi connectivity index (χ0n) is 22.8. The van der Waals surface area contributed by atoms with Crippen LogP contribution in [-0.2, 0) is 4.74 Å². The molecule has 5 aromatic rings. The van der Waals surface area contributed by atoms with E-state index in [0.717, 1.165) is 22.7 Å². The highest BCUT2D eigenvalue weighted by Gasteiger charge is 2.26. The third-order valence-corrected chi connectivity index (χ3v) is 6.99. The van der Waals surface area contributed by atoms with Crippen molar-refractivity contribution in [3.63, 3.8) is 0 Å². The Morgan fingerprint density at radius 2 is 1.79 bits per heavy atom. The number of hydrogen-bond acceptors (Lipinski definition) is 6. The van der Waals surface area contributed by atoms with Gasteiger partial charge in [-0.05, 0) is 74.5 Å². The fourth-order valence-electron chi connectivity index (χ4n) is 5.11. The molecule has 2 N–H and O–H groups in total. The monoisotopic (exact) mass is 571 g/mol. The van der Waals surface area contributed by atoms with Gasteiger partial charge in [-0.15, -0.1) is 0 Å². The van der Waals surface area contributed by atoms with Gasteiger partial charge in [0.25, 0.3) is 11.5 Å². The van der Waals surface area contributed by atoms with Crippen LogP contribution in [0.25, 0.3) is 16.6 Å². The predicted molar refractivity (Wildman–Crippen MR) is 155 cm³/mol. The van der Waals surface area contributed by atoms with Gasteiger partial charge in [-0.25, -0.2) is 8.78 Å². The summed E-state index contributed by atoms with van der Waals surface area (Å²) in [5.41, 5.74) is 1.38. The molecule has 0 saturated carbocycles. The van der Waals surface area contributed by atoms with Gasteiger partial charge in [0.05, 0.1) is 29.6 Å². The smallest absolute Gasteiger partial charge is 0.267 e. The highest BCUT2D eigenvalue weighted by Crippen LogP contribution is 2.38. The summed E-state index contributed by atoms with van der Waals surface area (Å²) in [6, 6.07) is 16.0. The SMILES string of the molecule is C[C@@H]1CN(c2cc3[nH]ncc3cc2Oc2ccc(NC(=O)c3cccn(-c4ccc(F)cc4)c3=O)cc2F)C[C@H](C)O1. The Morgan fingerprint density at radius 3 is 2.52 bits per heavy atom. The number of nitrogens with one attached hydrogen (secondary N) is 2. The van der Waals surface area contributed by atoms with Gasteiger partial charge in [0.15, 0.2) is 17.3 Å². The van der Waals surface area contributed by atoms with Crippen LogP contribution in [0.1, 0.15) is 24.2 Å². The standard InChI is InChI=1S/C31H27F2N5O4/c1-18-16-37(17-19(2)41-18)27-14-26-20(15-34-36-26)12-29(27)42-28-10-7-22(13-25(28)33)35-30(39)24-4-3-11-38(31(24)40)23-8-5-21(32)6-9-23/h3-15,18-19H,16-17H2,1-2H3,(H,34,36)(H,35,39)/t18-,19+. The number of rotatable bonds is 6. The summed E-state index contributed by atoms with van der Waals surface area (Å²) in [7, 11) is 0. The number of hydrogen-bond donors (Lipinski definition) is 2. The highest BCUT2D eigenvalue weighted by atomic mass is 19.1. The van der Waals surface area contributed by atoms with Gasteiger partial charge in [0.2, 0.25) is 0 Å². The summed E-state index contributed by atoms with van der Waals surface area (Å²) in [5, 5.41) is 10.4. The lowest BCUT2D eigenvalue weighted by Crippen LogP contribution is -2.45. The van der Waals surface area contributed by atoms with Crippen LogP contribution in [0.5, 0.6) is 11.5 Å². The average Bonchev–Trinajstić information content (AvgIpc) is 3.42. The number of aromatic amines is 1. The van der Waals surface area contributed by atoms with Crippen molar-refractivity contribution in [1.29, 1.82) is 0 Å². The number of aromatic nitrogens is 3. The number of H-pyrrole nitrogens is 1. The fraction of sp³-hybridized carbons (Fsp3) is 0.194. The first-order chi connectivity index (χ1) is 20.2. The first-order valence-electron chi connectivity index (χ1n) is 13.4. The molecule has 0 aliphatic carbocycles. The molecule has 1 amide bonds. The van der Waals surface area contributed by atoms with E-state index in [1.165, 1.54) is 59.3 Å². The molecule has 42 heavy (non-hydrogen) atoms. The van der Waals surface area contributed by atoms with Crippen LogP contribution in [0.15, 0.2) is 83.9 Å². The second kappa shape index (κ2) is 11.1. The van der Waals surface area contributed by atoms with E-state index in [2.05, 4.69) is 20.4 Å². The quantitative estimate of drug-likeness (QED) is 0.273. The summed E-state index contributed by atoms with van der Waals surface area (Å²) in [6.45, 7) is 5.27. The van der Waals surface area contributed by atoms with Crippen LogP contribution in [-0.4, -0.2) is 46.0 Å². The normalized spacial score (nSPS) is 16.9. The predicted octanol–water partition coefficient (Wildman–Crippen LogP) is 5.65. The molecule has 0 spiro atoms. The van der Waals surface area contributed by atoms with E-state index in [4.69, 9.17) is 9.47 Å². The van der Waals surface area contributed by atoms with Gasteiger partial charge in [0, 0.05) is 42.1 Å². The highest BCUT2D eigenvalue weighted by molar-refractivity contribution is 6.04. The van der Waals surface area contributed by atoms with Crippen LogP contribution in [0, 0.1) is 11.6 Å². The van der Waals surface area contributed by atoms with Crippen molar-refractivity contribution in [2.75, 3.05) is 23.3 Å². The van der Waals surface area contributed by atoms with Crippen molar-refractivity contribution in [3.8, 4) is 17.2 Å². The summed E-state index contributed by atoms with van der Waals surface area (Å²) in [5.74, 6) is -1.45. The molecule has 9 nitrogen and oxygen atoms in total. The van der Waals surface area contributed by atoms with Crippen LogP contribution in [0.4, 0.5) is 20.2 Å². The molecular weight excluding hydrogens is 544 g/mol. The third kappa shape index (κ3) is 5.46. The van der Waals surface area contributed by atoms with Crippen molar-refractivity contribution in [2.24, 2.45) is 0 Å². The van der Waals surface area contributed by atoms with Gasteiger partial charge in [-0.2, -0.15) is 5.10 Å². The fourth-order valence-corrected chi connectivity index (χ4v) is 5.11. The molecule has 2 atom stereocenters. The maximum atomic E-state index is 15.3. The second-order valence-corrected chi connectivity index (χ2v) is 10.2. The molecule has 0 unspecified atom stereocenters. The molecule has 1 aliphatic heterocycles. The van der Waals surface area contributed by atoms with E-state index in [-0.39, 0.29) is 29.2 Å². The Morgan fingerprint density at radius 1 is 1.02 bits per heavy atom. The van der Waals surface area contributed by atoms with Gasteiger partial charge in [-0.3, -0.25) is 19.3 Å². The molecule has 214 valence electrons. The maximum absolute atomic E-state index is 15.3. The number of halogens is 2. The molecule has 3 heterocycles. The van der Waals surface area contributed by atoms with Crippen LogP contribution >= 0.6 is 0 Å². The van der Waals surface area contributed by atoms with Crippen LogP contribution < -0.4 is 20.5 Å². The minimum Gasteiger partial charge on any atom is -0.452 e. The molecule has 1 aliphatic rings.